The minimum Gasteiger partial charge on any atom is -0.477 e. The zero-order valence-corrected chi connectivity index (χ0v) is 9.11. The summed E-state index contributed by atoms with van der Waals surface area (Å²) >= 11 is 1.27. The van der Waals surface area contributed by atoms with Gasteiger partial charge in [-0.2, -0.15) is 0 Å². The van der Waals surface area contributed by atoms with Crippen LogP contribution in [-0.2, 0) is 6.54 Å². The lowest BCUT2D eigenvalue weighted by atomic mass is 10.2. The molecule has 0 saturated heterocycles. The Labute approximate surface area is 87.4 Å². The van der Waals surface area contributed by atoms with Gasteiger partial charge in [-0.1, -0.05) is 0 Å². The first kappa shape index (κ1) is 12.4. The standard InChI is InChI=1S/C8H11NO2S.ClH/c1-9(2)5-6-3-4-12-7(6)8(10)11;/h3-4H,5H2,1-2H3,(H,10,11);1H. The van der Waals surface area contributed by atoms with Gasteiger partial charge in [0.15, 0.2) is 0 Å². The molecule has 1 N–H and O–H groups in total. The van der Waals surface area contributed by atoms with Gasteiger partial charge in [-0.3, -0.25) is 0 Å². The Morgan fingerprint density at radius 2 is 2.23 bits per heavy atom. The van der Waals surface area contributed by atoms with Crippen LogP contribution >= 0.6 is 23.7 Å². The molecule has 0 spiro atoms. The van der Waals surface area contributed by atoms with Gasteiger partial charge in [0, 0.05) is 6.54 Å². The third-order valence-electron chi connectivity index (χ3n) is 1.43. The summed E-state index contributed by atoms with van der Waals surface area (Å²) in [5.41, 5.74) is 0.887. The van der Waals surface area contributed by atoms with Gasteiger partial charge >= 0.3 is 5.97 Å². The average Bonchev–Trinajstić information content (AvgIpc) is 2.33. The summed E-state index contributed by atoms with van der Waals surface area (Å²) in [4.78, 5) is 13.1. The summed E-state index contributed by atoms with van der Waals surface area (Å²) in [6.07, 6.45) is 0. The van der Waals surface area contributed by atoms with E-state index in [1.165, 1.54) is 11.3 Å². The molecule has 0 aliphatic heterocycles. The molecule has 0 unspecified atom stereocenters. The van der Waals surface area contributed by atoms with E-state index in [0.29, 0.717) is 11.4 Å². The van der Waals surface area contributed by atoms with Gasteiger partial charge in [-0.25, -0.2) is 4.79 Å². The maximum absolute atomic E-state index is 10.7. The van der Waals surface area contributed by atoms with Crippen molar-refractivity contribution in [1.29, 1.82) is 0 Å². The number of aromatic carboxylic acids is 1. The Bertz CT molecular complexity index is 285. The van der Waals surface area contributed by atoms with E-state index in [4.69, 9.17) is 5.11 Å². The number of carboxylic acid groups (broad SMARTS) is 1. The fraction of sp³-hybridized carbons (Fsp3) is 0.375. The van der Waals surface area contributed by atoms with E-state index in [2.05, 4.69) is 0 Å². The third kappa shape index (κ3) is 3.34. The minimum absolute atomic E-state index is 0. The molecule has 0 aliphatic carbocycles. The highest BCUT2D eigenvalue weighted by Gasteiger charge is 2.11. The van der Waals surface area contributed by atoms with E-state index in [9.17, 15) is 4.79 Å². The molecule has 1 heterocycles. The van der Waals surface area contributed by atoms with Gasteiger partial charge in [0.25, 0.3) is 0 Å². The maximum Gasteiger partial charge on any atom is 0.346 e. The highest BCUT2D eigenvalue weighted by Crippen LogP contribution is 2.17. The Balaban J connectivity index is 0.00000144. The molecule has 74 valence electrons. The minimum atomic E-state index is -0.832. The smallest absolute Gasteiger partial charge is 0.346 e. The van der Waals surface area contributed by atoms with E-state index < -0.39 is 5.97 Å². The van der Waals surface area contributed by atoms with Crippen LogP contribution < -0.4 is 0 Å². The predicted octanol–water partition coefficient (Wildman–Crippen LogP) is 1.93. The van der Waals surface area contributed by atoms with Gasteiger partial charge in [-0.15, -0.1) is 23.7 Å². The first-order valence-corrected chi connectivity index (χ1v) is 4.43. The highest BCUT2D eigenvalue weighted by molar-refractivity contribution is 7.12. The second-order valence-corrected chi connectivity index (χ2v) is 3.73. The number of nitrogens with zero attached hydrogens (tertiary/aromatic N) is 1. The second-order valence-electron chi connectivity index (χ2n) is 2.82. The van der Waals surface area contributed by atoms with Crippen molar-refractivity contribution >= 4 is 29.7 Å². The van der Waals surface area contributed by atoms with Crippen LogP contribution in [-0.4, -0.2) is 30.1 Å². The highest BCUT2D eigenvalue weighted by atomic mass is 35.5. The molecule has 0 radical (unpaired) electrons. The molecule has 1 rings (SSSR count). The monoisotopic (exact) mass is 221 g/mol. The Morgan fingerprint density at radius 1 is 1.62 bits per heavy atom. The van der Waals surface area contributed by atoms with Crippen molar-refractivity contribution in [3.8, 4) is 0 Å². The number of rotatable bonds is 3. The normalized spacial score (nSPS) is 9.77. The van der Waals surface area contributed by atoms with Crippen molar-refractivity contribution in [1.82, 2.24) is 4.90 Å². The topological polar surface area (TPSA) is 40.5 Å². The van der Waals surface area contributed by atoms with Crippen molar-refractivity contribution in [3.05, 3.63) is 21.9 Å². The fourth-order valence-corrected chi connectivity index (χ4v) is 1.74. The van der Waals surface area contributed by atoms with Crippen LogP contribution in [0, 0.1) is 0 Å². The van der Waals surface area contributed by atoms with Crippen LogP contribution in [0.2, 0.25) is 0 Å². The van der Waals surface area contributed by atoms with E-state index in [1.54, 1.807) is 0 Å². The van der Waals surface area contributed by atoms with Crippen molar-refractivity contribution in [2.45, 2.75) is 6.54 Å². The largest absolute Gasteiger partial charge is 0.477 e. The quantitative estimate of drug-likeness (QED) is 0.848. The SMILES string of the molecule is CN(C)Cc1ccsc1C(=O)O.Cl. The van der Waals surface area contributed by atoms with Gasteiger partial charge in [0.2, 0.25) is 0 Å². The van der Waals surface area contributed by atoms with Crippen LogP contribution in [0.15, 0.2) is 11.4 Å². The van der Waals surface area contributed by atoms with Crippen LogP contribution in [0.4, 0.5) is 0 Å². The fourth-order valence-electron chi connectivity index (χ4n) is 0.989. The predicted molar refractivity (Wildman–Crippen MR) is 55.9 cm³/mol. The van der Waals surface area contributed by atoms with E-state index in [0.717, 1.165) is 5.56 Å². The van der Waals surface area contributed by atoms with Crippen LogP contribution in [0.3, 0.4) is 0 Å². The van der Waals surface area contributed by atoms with Gasteiger partial charge in [0.1, 0.15) is 4.88 Å². The summed E-state index contributed by atoms with van der Waals surface area (Å²) in [5.74, 6) is -0.832. The van der Waals surface area contributed by atoms with Crippen LogP contribution in [0.25, 0.3) is 0 Å². The molecule has 1 aromatic heterocycles. The molecule has 0 bridgehead atoms. The summed E-state index contributed by atoms with van der Waals surface area (Å²) < 4.78 is 0. The molecule has 0 atom stereocenters. The second kappa shape index (κ2) is 5.21. The van der Waals surface area contributed by atoms with Crippen molar-refractivity contribution in [2.75, 3.05) is 14.1 Å². The molecule has 1 aromatic rings. The molecule has 0 fully saturated rings. The van der Waals surface area contributed by atoms with Crippen molar-refractivity contribution in [3.63, 3.8) is 0 Å². The lowest BCUT2D eigenvalue weighted by Gasteiger charge is -2.07. The lowest BCUT2D eigenvalue weighted by molar-refractivity contribution is 0.0700. The number of thiophene rings is 1. The van der Waals surface area contributed by atoms with Crippen LogP contribution in [0.5, 0.6) is 0 Å². The number of carboxylic acids is 1. The van der Waals surface area contributed by atoms with Crippen molar-refractivity contribution in [2.24, 2.45) is 0 Å². The molecule has 3 nitrogen and oxygen atoms in total. The number of halogens is 1. The Kier molecular flexibility index (Phi) is 4.98. The number of carbonyl (C=O) groups is 1. The average molecular weight is 222 g/mol. The summed E-state index contributed by atoms with van der Waals surface area (Å²) in [6.45, 7) is 0.686. The first-order chi connectivity index (χ1) is 5.61. The summed E-state index contributed by atoms with van der Waals surface area (Å²) in [6, 6.07) is 1.86. The van der Waals surface area contributed by atoms with E-state index >= 15 is 0 Å². The Morgan fingerprint density at radius 3 is 2.69 bits per heavy atom. The first-order valence-electron chi connectivity index (χ1n) is 3.55. The summed E-state index contributed by atoms with van der Waals surface area (Å²) in [5, 5.41) is 10.6. The molecular weight excluding hydrogens is 210 g/mol. The number of hydrogen-bond acceptors (Lipinski definition) is 3. The molecule has 13 heavy (non-hydrogen) atoms. The summed E-state index contributed by atoms with van der Waals surface area (Å²) in [7, 11) is 3.84. The molecule has 0 aliphatic rings. The third-order valence-corrected chi connectivity index (χ3v) is 2.37. The molecule has 0 saturated carbocycles. The maximum atomic E-state index is 10.7. The zero-order chi connectivity index (χ0) is 9.14. The molecular formula is C8H12ClNO2S. The van der Waals surface area contributed by atoms with E-state index in [1.807, 2.05) is 30.4 Å². The van der Waals surface area contributed by atoms with Gasteiger partial charge in [-0.05, 0) is 31.1 Å². The molecule has 5 heteroatoms. The van der Waals surface area contributed by atoms with Crippen LogP contribution in [0.1, 0.15) is 15.2 Å². The zero-order valence-electron chi connectivity index (χ0n) is 7.48. The van der Waals surface area contributed by atoms with Crippen molar-refractivity contribution < 1.29 is 9.90 Å². The molecule has 0 amide bonds. The lowest BCUT2D eigenvalue weighted by Crippen LogP contribution is -2.12. The Hall–Kier alpha value is -0.580. The van der Waals surface area contributed by atoms with Gasteiger partial charge < -0.3 is 10.0 Å². The molecule has 0 aromatic carbocycles. The van der Waals surface area contributed by atoms with E-state index in [-0.39, 0.29) is 12.4 Å². The number of hydrogen-bond donors (Lipinski definition) is 1. The van der Waals surface area contributed by atoms with Gasteiger partial charge in [0.05, 0.1) is 0 Å².